The number of halogens is 1. The Morgan fingerprint density at radius 2 is 1.75 bits per heavy atom. The van der Waals surface area contributed by atoms with Crippen molar-refractivity contribution in [3.05, 3.63) is 59.1 Å². The third kappa shape index (κ3) is 4.36. The molecule has 0 bridgehead atoms. The first-order valence-electron chi connectivity index (χ1n) is 8.96. The lowest BCUT2D eigenvalue weighted by atomic mass is 9.91. The molecule has 1 saturated heterocycles. The lowest BCUT2D eigenvalue weighted by Gasteiger charge is -2.29. The van der Waals surface area contributed by atoms with Crippen molar-refractivity contribution < 1.29 is 18.0 Å². The van der Waals surface area contributed by atoms with Crippen molar-refractivity contribution in [2.24, 2.45) is 5.92 Å². The molecule has 0 aliphatic carbocycles. The van der Waals surface area contributed by atoms with Crippen molar-refractivity contribution in [2.75, 3.05) is 12.3 Å². The zero-order valence-electron chi connectivity index (χ0n) is 15.2. The van der Waals surface area contributed by atoms with Crippen molar-refractivity contribution >= 4 is 39.0 Å². The molecule has 2 aromatic carbocycles. The third-order valence-electron chi connectivity index (χ3n) is 4.85. The fourth-order valence-corrected chi connectivity index (χ4v) is 4.86. The molecule has 2 N–H and O–H groups in total. The highest BCUT2D eigenvalue weighted by atomic mass is 35.5. The number of Topliss-reactive ketones (excluding diaryl/α,β-unsaturated/α-hetero) is 1. The van der Waals surface area contributed by atoms with Crippen LogP contribution in [0.2, 0.25) is 5.02 Å². The van der Waals surface area contributed by atoms with E-state index >= 15 is 0 Å². The second-order valence-corrected chi connectivity index (χ2v) is 9.13. The van der Waals surface area contributed by atoms with Crippen molar-refractivity contribution in [3.8, 4) is 0 Å². The van der Waals surface area contributed by atoms with Crippen LogP contribution in [0.4, 0.5) is 5.69 Å². The van der Waals surface area contributed by atoms with Crippen LogP contribution in [0, 0.1) is 5.92 Å². The summed E-state index contributed by atoms with van der Waals surface area (Å²) >= 11 is 5.83. The van der Waals surface area contributed by atoms with Gasteiger partial charge in [0.05, 0.1) is 11.4 Å². The standard InChI is InChI=1S/C20H21ClN2O4S/c21-16-8-10-18(11-9-16)28(26,27)23-13-17(24)6-3-5-15(20(23)25)12-14-4-1-2-7-19(14)22/h1-2,4,7-11,15H,3,5-6,12-13,22H2. The molecule has 1 aliphatic rings. The number of rotatable bonds is 4. The molecule has 1 amide bonds. The minimum atomic E-state index is -4.16. The minimum Gasteiger partial charge on any atom is -0.399 e. The molecule has 28 heavy (non-hydrogen) atoms. The molecule has 0 spiro atoms. The Kier molecular flexibility index (Phi) is 6.05. The van der Waals surface area contributed by atoms with Gasteiger partial charge in [-0.05, 0) is 55.2 Å². The first kappa shape index (κ1) is 20.4. The van der Waals surface area contributed by atoms with E-state index in [1.807, 2.05) is 12.1 Å². The predicted molar refractivity (Wildman–Crippen MR) is 107 cm³/mol. The van der Waals surface area contributed by atoms with E-state index in [0.717, 1.165) is 5.56 Å². The number of hydrogen-bond donors (Lipinski definition) is 1. The van der Waals surface area contributed by atoms with E-state index in [1.165, 1.54) is 24.3 Å². The van der Waals surface area contributed by atoms with Gasteiger partial charge in [0.1, 0.15) is 0 Å². The van der Waals surface area contributed by atoms with Gasteiger partial charge in [0.2, 0.25) is 5.91 Å². The van der Waals surface area contributed by atoms with Crippen LogP contribution in [0.15, 0.2) is 53.4 Å². The molecule has 1 atom stereocenters. The maximum absolute atomic E-state index is 13.2. The number of benzene rings is 2. The number of nitrogen functional groups attached to an aromatic ring is 1. The maximum atomic E-state index is 13.2. The molecule has 3 rings (SSSR count). The van der Waals surface area contributed by atoms with Gasteiger partial charge in [-0.2, -0.15) is 0 Å². The van der Waals surface area contributed by atoms with Gasteiger partial charge in [-0.15, -0.1) is 0 Å². The van der Waals surface area contributed by atoms with Crippen LogP contribution in [0.1, 0.15) is 24.8 Å². The summed E-state index contributed by atoms with van der Waals surface area (Å²) in [6, 6.07) is 12.7. The van der Waals surface area contributed by atoms with E-state index in [4.69, 9.17) is 17.3 Å². The summed E-state index contributed by atoms with van der Waals surface area (Å²) in [6.45, 7) is -0.454. The highest BCUT2D eigenvalue weighted by Crippen LogP contribution is 2.27. The number of hydrogen-bond acceptors (Lipinski definition) is 5. The van der Waals surface area contributed by atoms with Crippen LogP contribution in [-0.4, -0.2) is 31.0 Å². The average molecular weight is 421 g/mol. The van der Waals surface area contributed by atoms with Crippen LogP contribution in [0.25, 0.3) is 0 Å². The largest absolute Gasteiger partial charge is 0.399 e. The van der Waals surface area contributed by atoms with Gasteiger partial charge in [0.25, 0.3) is 10.0 Å². The predicted octanol–water partition coefficient (Wildman–Crippen LogP) is 3.05. The fraction of sp³-hybridized carbons (Fsp3) is 0.300. The summed E-state index contributed by atoms with van der Waals surface area (Å²) in [7, 11) is -4.16. The van der Waals surface area contributed by atoms with Crippen molar-refractivity contribution in [3.63, 3.8) is 0 Å². The van der Waals surface area contributed by atoms with Crippen LogP contribution >= 0.6 is 11.6 Å². The second kappa shape index (κ2) is 8.32. The fourth-order valence-electron chi connectivity index (χ4n) is 3.30. The second-order valence-electron chi connectivity index (χ2n) is 6.83. The number of sulfonamides is 1. The van der Waals surface area contributed by atoms with E-state index in [2.05, 4.69) is 0 Å². The lowest BCUT2D eigenvalue weighted by molar-refractivity contribution is -0.135. The SMILES string of the molecule is Nc1ccccc1CC1CCCC(=O)CN(S(=O)(=O)c2ccc(Cl)cc2)C1=O. The van der Waals surface area contributed by atoms with E-state index in [9.17, 15) is 18.0 Å². The van der Waals surface area contributed by atoms with Gasteiger partial charge in [0.15, 0.2) is 5.78 Å². The summed E-state index contributed by atoms with van der Waals surface area (Å²) in [6.07, 6.45) is 1.52. The Hall–Kier alpha value is -2.38. The van der Waals surface area contributed by atoms with Crippen LogP contribution in [-0.2, 0) is 26.0 Å². The van der Waals surface area contributed by atoms with E-state index in [-0.39, 0.29) is 17.1 Å². The first-order valence-corrected chi connectivity index (χ1v) is 10.8. The van der Waals surface area contributed by atoms with E-state index in [0.29, 0.717) is 34.3 Å². The van der Waals surface area contributed by atoms with E-state index < -0.39 is 28.4 Å². The number of nitrogens with two attached hydrogens (primary N) is 1. The normalized spacial score (nSPS) is 18.6. The Balaban J connectivity index is 1.95. The topological polar surface area (TPSA) is 97.5 Å². The number of nitrogens with zero attached hydrogens (tertiary/aromatic N) is 1. The molecule has 0 radical (unpaired) electrons. The number of carbonyl (C=O) groups excluding carboxylic acids is 2. The Labute approximate surface area is 169 Å². The number of amides is 1. The Bertz CT molecular complexity index is 990. The molecule has 0 aromatic heterocycles. The molecule has 1 unspecified atom stereocenters. The minimum absolute atomic E-state index is 0.0726. The van der Waals surface area contributed by atoms with Crippen LogP contribution in [0.3, 0.4) is 0 Å². The van der Waals surface area contributed by atoms with Crippen molar-refractivity contribution in [2.45, 2.75) is 30.6 Å². The number of ketones is 1. The molecule has 2 aromatic rings. The first-order chi connectivity index (χ1) is 13.3. The number of anilines is 1. The molecule has 148 valence electrons. The molecule has 1 aliphatic heterocycles. The zero-order chi connectivity index (χ0) is 20.3. The summed E-state index contributed by atoms with van der Waals surface area (Å²) in [5.41, 5.74) is 7.34. The van der Waals surface area contributed by atoms with Crippen LogP contribution < -0.4 is 5.73 Å². The molecule has 6 nitrogen and oxygen atoms in total. The molecule has 1 fully saturated rings. The van der Waals surface area contributed by atoms with Gasteiger partial charge in [-0.1, -0.05) is 29.8 Å². The molecule has 8 heteroatoms. The molecular weight excluding hydrogens is 400 g/mol. The van der Waals surface area contributed by atoms with Gasteiger partial charge in [0, 0.05) is 23.0 Å². The van der Waals surface area contributed by atoms with Crippen molar-refractivity contribution in [1.29, 1.82) is 0 Å². The molecule has 0 saturated carbocycles. The molecular formula is C20H21ClN2O4S. The third-order valence-corrected chi connectivity index (χ3v) is 6.86. The highest BCUT2D eigenvalue weighted by Gasteiger charge is 2.36. The highest BCUT2D eigenvalue weighted by molar-refractivity contribution is 7.89. The quantitative estimate of drug-likeness (QED) is 0.766. The van der Waals surface area contributed by atoms with Gasteiger partial charge < -0.3 is 5.73 Å². The smallest absolute Gasteiger partial charge is 0.266 e. The van der Waals surface area contributed by atoms with Gasteiger partial charge >= 0.3 is 0 Å². The lowest BCUT2D eigenvalue weighted by Crippen LogP contribution is -2.45. The van der Waals surface area contributed by atoms with Gasteiger partial charge in [-0.3, -0.25) is 9.59 Å². The number of carbonyl (C=O) groups is 2. The summed E-state index contributed by atoms with van der Waals surface area (Å²) < 4.78 is 26.8. The Morgan fingerprint density at radius 3 is 2.43 bits per heavy atom. The maximum Gasteiger partial charge on any atom is 0.266 e. The molecule has 1 heterocycles. The Morgan fingerprint density at radius 1 is 1.07 bits per heavy atom. The average Bonchev–Trinajstić information content (AvgIpc) is 2.65. The van der Waals surface area contributed by atoms with Crippen molar-refractivity contribution in [1.82, 2.24) is 4.31 Å². The van der Waals surface area contributed by atoms with E-state index in [1.54, 1.807) is 12.1 Å². The monoisotopic (exact) mass is 420 g/mol. The number of para-hydroxylation sites is 1. The van der Waals surface area contributed by atoms with Gasteiger partial charge in [-0.25, -0.2) is 12.7 Å². The summed E-state index contributed by atoms with van der Waals surface area (Å²) in [4.78, 5) is 25.2. The zero-order valence-corrected chi connectivity index (χ0v) is 16.7. The summed E-state index contributed by atoms with van der Waals surface area (Å²) in [5.74, 6) is -1.42. The van der Waals surface area contributed by atoms with Crippen LogP contribution in [0.5, 0.6) is 0 Å². The summed E-state index contributed by atoms with van der Waals surface area (Å²) in [5, 5.41) is 0.381.